The van der Waals surface area contributed by atoms with Gasteiger partial charge in [-0.05, 0) is 103 Å². The van der Waals surface area contributed by atoms with Crippen LogP contribution in [-0.2, 0) is 0 Å². The SMILES string of the molecule is c1ccc(-c2ccc(N(c3ccc4c(c3)[Si]3(c5ccccc5Oc5ccccc53)c3ccccc3O4)c3cc4ccccc4c4ccccc34)cc2)cc1. The Labute approximate surface area is 314 Å². The molecule has 0 unspecified atom stereocenters. The Morgan fingerprint density at radius 3 is 1.46 bits per heavy atom. The Bertz CT molecular complexity index is 2800. The zero-order valence-corrected chi connectivity index (χ0v) is 30.3. The molecule has 0 amide bonds. The fourth-order valence-electron chi connectivity index (χ4n) is 8.82. The zero-order chi connectivity index (χ0) is 35.6. The number of ether oxygens (including phenoxy) is 2. The van der Waals surface area contributed by atoms with E-state index in [1.807, 2.05) is 0 Å². The third-order valence-corrected chi connectivity index (χ3v) is 16.0. The molecule has 2 aliphatic heterocycles. The average Bonchev–Trinajstić information content (AvgIpc) is 3.24. The summed E-state index contributed by atoms with van der Waals surface area (Å²) in [5.74, 6) is 3.61. The molecule has 254 valence electrons. The second kappa shape index (κ2) is 12.1. The topological polar surface area (TPSA) is 21.7 Å². The first-order valence-corrected chi connectivity index (χ1v) is 20.4. The minimum Gasteiger partial charge on any atom is -0.458 e. The second-order valence-corrected chi connectivity index (χ2v) is 17.7. The van der Waals surface area contributed by atoms with Crippen LogP contribution in [0.25, 0.3) is 32.7 Å². The normalized spacial score (nSPS) is 13.3. The van der Waals surface area contributed by atoms with Gasteiger partial charge in [-0.3, -0.25) is 0 Å². The summed E-state index contributed by atoms with van der Waals surface area (Å²) >= 11 is 0. The number of rotatable bonds is 4. The average molecular weight is 708 g/mol. The van der Waals surface area contributed by atoms with Crippen molar-refractivity contribution in [2.45, 2.75) is 0 Å². The Kier molecular flexibility index (Phi) is 6.88. The molecule has 4 heteroatoms. The van der Waals surface area contributed by atoms with E-state index in [1.165, 1.54) is 53.4 Å². The molecular formula is C50H33NO2Si. The summed E-state index contributed by atoms with van der Waals surface area (Å²) in [5.41, 5.74) is 5.65. The maximum atomic E-state index is 6.85. The summed E-state index contributed by atoms with van der Waals surface area (Å²) in [7, 11) is -2.96. The number of fused-ring (bicyclic) bond motifs is 11. The van der Waals surface area contributed by atoms with Crippen LogP contribution in [0.4, 0.5) is 17.1 Å². The minimum absolute atomic E-state index is 0.887. The fraction of sp³-hybridized carbons (Fsp3) is 0. The van der Waals surface area contributed by atoms with Crippen LogP contribution in [0.15, 0.2) is 200 Å². The van der Waals surface area contributed by atoms with Crippen LogP contribution in [0.5, 0.6) is 23.0 Å². The van der Waals surface area contributed by atoms with Crippen LogP contribution in [0.2, 0.25) is 0 Å². The number of benzene rings is 9. The maximum Gasteiger partial charge on any atom is 0.196 e. The molecule has 2 heterocycles. The molecule has 0 aliphatic carbocycles. The largest absolute Gasteiger partial charge is 0.458 e. The molecule has 11 rings (SSSR count). The van der Waals surface area contributed by atoms with Gasteiger partial charge in [-0.15, -0.1) is 0 Å². The van der Waals surface area contributed by atoms with Crippen molar-refractivity contribution < 1.29 is 9.47 Å². The zero-order valence-electron chi connectivity index (χ0n) is 29.3. The number of anilines is 3. The van der Waals surface area contributed by atoms with Crippen LogP contribution >= 0.6 is 0 Å². The summed E-state index contributed by atoms with van der Waals surface area (Å²) in [6, 6.07) is 72.0. The highest BCUT2D eigenvalue weighted by atomic mass is 28.3. The van der Waals surface area contributed by atoms with Crippen LogP contribution < -0.4 is 35.1 Å². The van der Waals surface area contributed by atoms with Gasteiger partial charge in [0.25, 0.3) is 0 Å². The van der Waals surface area contributed by atoms with E-state index in [1.54, 1.807) is 0 Å². The van der Waals surface area contributed by atoms with Crippen molar-refractivity contribution in [3.05, 3.63) is 200 Å². The monoisotopic (exact) mass is 707 g/mol. The lowest BCUT2D eigenvalue weighted by Crippen LogP contribution is -2.77. The van der Waals surface area contributed by atoms with Gasteiger partial charge in [-0.25, -0.2) is 0 Å². The molecule has 0 N–H and O–H groups in total. The maximum absolute atomic E-state index is 6.85. The summed E-state index contributed by atoms with van der Waals surface area (Å²) in [5, 5.41) is 9.76. The molecule has 0 aromatic heterocycles. The van der Waals surface area contributed by atoms with Gasteiger partial charge >= 0.3 is 0 Å². The Morgan fingerprint density at radius 2 is 0.815 bits per heavy atom. The van der Waals surface area contributed by atoms with Crippen LogP contribution in [-0.4, -0.2) is 8.07 Å². The standard InChI is InChI=1S/C50H33NO2Si/c1-2-14-34(15-3-1)35-26-28-37(29-27-35)51(42-32-36-16-4-5-17-39(36)40-18-6-7-19-41(40)42)38-30-31-46-50(33-38)54(49-25-13-10-22-45(49)53-46)47-23-11-8-20-43(47)52-44-21-9-12-24-48(44)54/h1-33H. The van der Waals surface area contributed by atoms with Crippen molar-refractivity contribution >= 4 is 67.4 Å². The molecule has 0 bridgehead atoms. The van der Waals surface area contributed by atoms with E-state index in [0.29, 0.717) is 0 Å². The van der Waals surface area contributed by atoms with E-state index in [-0.39, 0.29) is 0 Å². The number of hydrogen-bond donors (Lipinski definition) is 0. The lowest BCUT2D eigenvalue weighted by molar-refractivity contribution is 0.481. The Morgan fingerprint density at radius 1 is 0.333 bits per heavy atom. The predicted molar refractivity (Wildman–Crippen MR) is 225 cm³/mol. The lowest BCUT2D eigenvalue weighted by atomic mass is 9.98. The molecular weight excluding hydrogens is 675 g/mol. The minimum atomic E-state index is -2.96. The van der Waals surface area contributed by atoms with Crippen molar-refractivity contribution in [2.24, 2.45) is 0 Å². The molecule has 54 heavy (non-hydrogen) atoms. The highest BCUT2D eigenvalue weighted by Gasteiger charge is 2.53. The van der Waals surface area contributed by atoms with Crippen LogP contribution in [0.3, 0.4) is 0 Å². The molecule has 0 saturated heterocycles. The summed E-state index contributed by atoms with van der Waals surface area (Å²) in [6.07, 6.45) is 0. The van der Waals surface area contributed by atoms with Gasteiger partial charge in [0.2, 0.25) is 0 Å². The number of para-hydroxylation sites is 3. The van der Waals surface area contributed by atoms with Crippen LogP contribution in [0, 0.1) is 0 Å². The van der Waals surface area contributed by atoms with Gasteiger partial charge in [-0.2, -0.15) is 0 Å². The van der Waals surface area contributed by atoms with Crippen molar-refractivity contribution in [3.63, 3.8) is 0 Å². The highest BCUT2D eigenvalue weighted by molar-refractivity contribution is 7.21. The summed E-state index contributed by atoms with van der Waals surface area (Å²) < 4.78 is 13.5. The first-order valence-electron chi connectivity index (χ1n) is 18.4. The molecule has 0 atom stereocenters. The lowest BCUT2D eigenvalue weighted by Gasteiger charge is -2.43. The second-order valence-electron chi connectivity index (χ2n) is 14.0. The predicted octanol–water partition coefficient (Wildman–Crippen LogP) is 10.7. The molecule has 9 aromatic carbocycles. The summed E-state index contributed by atoms with van der Waals surface area (Å²) in [6.45, 7) is 0. The summed E-state index contributed by atoms with van der Waals surface area (Å²) in [4.78, 5) is 2.43. The van der Waals surface area contributed by atoms with E-state index >= 15 is 0 Å². The van der Waals surface area contributed by atoms with Crippen molar-refractivity contribution in [2.75, 3.05) is 4.90 Å². The molecule has 0 saturated carbocycles. The van der Waals surface area contributed by atoms with Crippen LogP contribution in [0.1, 0.15) is 0 Å². The van der Waals surface area contributed by atoms with Crippen molar-refractivity contribution in [1.29, 1.82) is 0 Å². The first-order chi connectivity index (χ1) is 26.8. The van der Waals surface area contributed by atoms with E-state index in [2.05, 4.69) is 205 Å². The third kappa shape index (κ3) is 4.54. The fourth-order valence-corrected chi connectivity index (χ4v) is 14.0. The molecule has 2 aliphatic rings. The van der Waals surface area contributed by atoms with Gasteiger partial charge in [-0.1, -0.05) is 146 Å². The van der Waals surface area contributed by atoms with E-state index < -0.39 is 8.07 Å². The Balaban J connectivity index is 1.21. The molecule has 3 nitrogen and oxygen atoms in total. The molecule has 0 radical (unpaired) electrons. The van der Waals surface area contributed by atoms with E-state index in [9.17, 15) is 0 Å². The van der Waals surface area contributed by atoms with Gasteiger partial charge in [0, 0.05) is 16.8 Å². The van der Waals surface area contributed by atoms with E-state index in [4.69, 9.17) is 9.47 Å². The van der Waals surface area contributed by atoms with Crippen molar-refractivity contribution in [3.8, 4) is 34.1 Å². The van der Waals surface area contributed by atoms with Crippen molar-refractivity contribution in [1.82, 2.24) is 0 Å². The molecule has 0 fully saturated rings. The Hall–Kier alpha value is -6.88. The van der Waals surface area contributed by atoms with Gasteiger partial charge in [0.05, 0.1) is 5.69 Å². The first kappa shape index (κ1) is 30.7. The number of hydrogen-bond acceptors (Lipinski definition) is 3. The highest BCUT2D eigenvalue weighted by Crippen LogP contribution is 2.44. The van der Waals surface area contributed by atoms with Gasteiger partial charge in [0.15, 0.2) is 8.07 Å². The van der Waals surface area contributed by atoms with E-state index in [0.717, 1.165) is 40.1 Å². The van der Waals surface area contributed by atoms with Gasteiger partial charge < -0.3 is 14.4 Å². The van der Waals surface area contributed by atoms with Gasteiger partial charge in [0.1, 0.15) is 23.0 Å². The molecule has 9 aromatic rings. The smallest absolute Gasteiger partial charge is 0.196 e. The third-order valence-electron chi connectivity index (χ3n) is 11.2. The molecule has 1 spiro atoms. The number of nitrogens with zero attached hydrogens (tertiary/aromatic N) is 1. The quantitative estimate of drug-likeness (QED) is 0.134.